The number of benzene rings is 2. The SMILES string of the molecule is Cl.Cl.N[C@@H]1C[C@H]1c1ccc(Cl)c(F)c1.N[C@H]1C[C@@H]1c1ccc(Cl)c(F)c1. The van der Waals surface area contributed by atoms with Gasteiger partial charge in [0.25, 0.3) is 0 Å². The fraction of sp³-hybridized carbons (Fsp3) is 0.333. The highest BCUT2D eigenvalue weighted by molar-refractivity contribution is 6.31. The lowest BCUT2D eigenvalue weighted by Crippen LogP contribution is -2.01. The Labute approximate surface area is 174 Å². The minimum Gasteiger partial charge on any atom is -0.327 e. The van der Waals surface area contributed by atoms with Gasteiger partial charge in [0.05, 0.1) is 10.0 Å². The first kappa shape index (κ1) is 23.4. The molecule has 0 aromatic heterocycles. The van der Waals surface area contributed by atoms with E-state index in [0.29, 0.717) is 11.8 Å². The van der Waals surface area contributed by atoms with Crippen LogP contribution in [-0.2, 0) is 0 Å². The minimum absolute atomic E-state index is 0. The first-order valence-electron chi connectivity index (χ1n) is 7.78. The lowest BCUT2D eigenvalue weighted by atomic mass is 10.1. The first-order chi connectivity index (χ1) is 11.4. The fourth-order valence-electron chi connectivity index (χ4n) is 2.68. The molecular weight excluding hydrogens is 424 g/mol. The highest BCUT2D eigenvalue weighted by Gasteiger charge is 2.35. The molecule has 2 nitrogen and oxygen atoms in total. The van der Waals surface area contributed by atoms with Gasteiger partial charge in [0.1, 0.15) is 11.6 Å². The quantitative estimate of drug-likeness (QED) is 0.649. The van der Waals surface area contributed by atoms with Gasteiger partial charge in [-0.25, -0.2) is 8.78 Å². The maximum atomic E-state index is 12.9. The van der Waals surface area contributed by atoms with Gasteiger partial charge in [-0.1, -0.05) is 35.3 Å². The van der Waals surface area contributed by atoms with E-state index < -0.39 is 0 Å². The number of halogens is 6. The number of hydrogen-bond donors (Lipinski definition) is 2. The molecule has 2 aliphatic rings. The summed E-state index contributed by atoms with van der Waals surface area (Å²) in [5, 5.41) is 0.348. The zero-order valence-corrected chi connectivity index (χ0v) is 16.8. The van der Waals surface area contributed by atoms with E-state index >= 15 is 0 Å². The van der Waals surface area contributed by atoms with Crippen molar-refractivity contribution in [3.8, 4) is 0 Å². The molecule has 2 saturated carbocycles. The van der Waals surface area contributed by atoms with Crippen LogP contribution in [0.2, 0.25) is 10.0 Å². The molecule has 0 aliphatic heterocycles. The summed E-state index contributed by atoms with van der Waals surface area (Å²) < 4.78 is 25.8. The summed E-state index contributed by atoms with van der Waals surface area (Å²) >= 11 is 11.1. The summed E-state index contributed by atoms with van der Waals surface area (Å²) in [6, 6.07) is 10.2. The van der Waals surface area contributed by atoms with Crippen LogP contribution in [0.4, 0.5) is 8.78 Å². The second-order valence-corrected chi connectivity index (χ2v) is 7.17. The van der Waals surface area contributed by atoms with Crippen LogP contribution in [0.25, 0.3) is 0 Å². The Morgan fingerprint density at radius 1 is 0.731 bits per heavy atom. The van der Waals surface area contributed by atoms with Gasteiger partial charge in [-0.2, -0.15) is 0 Å². The van der Waals surface area contributed by atoms with Gasteiger partial charge in [-0.15, -0.1) is 24.8 Å². The molecule has 4 N–H and O–H groups in total. The van der Waals surface area contributed by atoms with E-state index in [-0.39, 0.29) is 58.6 Å². The molecule has 0 amide bonds. The highest BCUT2D eigenvalue weighted by atomic mass is 35.5. The summed E-state index contributed by atoms with van der Waals surface area (Å²) in [7, 11) is 0. The molecule has 4 rings (SSSR count). The van der Waals surface area contributed by atoms with Crippen LogP contribution in [0, 0.1) is 11.6 Å². The summed E-state index contributed by atoms with van der Waals surface area (Å²) in [6.07, 6.45) is 1.92. The van der Waals surface area contributed by atoms with Crippen LogP contribution in [0.3, 0.4) is 0 Å². The maximum absolute atomic E-state index is 12.9. The summed E-state index contributed by atoms with van der Waals surface area (Å²) in [5.74, 6) is -0.0185. The summed E-state index contributed by atoms with van der Waals surface area (Å²) in [5.41, 5.74) is 13.2. The number of nitrogens with two attached hydrogens (primary N) is 2. The summed E-state index contributed by atoms with van der Waals surface area (Å²) in [6.45, 7) is 0. The monoisotopic (exact) mass is 442 g/mol. The smallest absolute Gasteiger partial charge is 0.142 e. The topological polar surface area (TPSA) is 52.0 Å². The second-order valence-electron chi connectivity index (χ2n) is 6.36. The van der Waals surface area contributed by atoms with Gasteiger partial charge in [0.15, 0.2) is 0 Å². The van der Waals surface area contributed by atoms with E-state index in [2.05, 4.69) is 0 Å². The predicted octanol–water partition coefficient (Wildman–Crippen LogP) is 5.43. The van der Waals surface area contributed by atoms with E-state index in [9.17, 15) is 8.78 Å². The Morgan fingerprint density at radius 3 is 1.27 bits per heavy atom. The molecule has 0 heterocycles. The van der Waals surface area contributed by atoms with Crippen LogP contribution < -0.4 is 11.5 Å². The van der Waals surface area contributed by atoms with Gasteiger partial charge >= 0.3 is 0 Å². The first-order valence-corrected chi connectivity index (χ1v) is 8.53. The Kier molecular flexibility index (Phi) is 8.59. The van der Waals surface area contributed by atoms with Crippen molar-refractivity contribution >= 4 is 48.0 Å². The van der Waals surface area contributed by atoms with Crippen molar-refractivity contribution < 1.29 is 8.78 Å². The van der Waals surface area contributed by atoms with Crippen molar-refractivity contribution in [2.45, 2.75) is 36.8 Å². The van der Waals surface area contributed by atoms with Crippen molar-refractivity contribution in [3.05, 3.63) is 69.2 Å². The molecule has 2 aromatic rings. The third-order valence-corrected chi connectivity index (χ3v) is 5.04. The maximum Gasteiger partial charge on any atom is 0.142 e. The van der Waals surface area contributed by atoms with E-state index in [4.69, 9.17) is 34.7 Å². The molecule has 2 aromatic carbocycles. The predicted molar refractivity (Wildman–Crippen MR) is 108 cm³/mol. The third kappa shape index (κ3) is 5.69. The van der Waals surface area contributed by atoms with Crippen LogP contribution >= 0.6 is 48.0 Å². The van der Waals surface area contributed by atoms with Gasteiger partial charge in [-0.3, -0.25) is 0 Å². The molecular formula is C18H20Cl4F2N2. The lowest BCUT2D eigenvalue weighted by Gasteiger charge is -1.99. The largest absolute Gasteiger partial charge is 0.327 e. The van der Waals surface area contributed by atoms with Gasteiger partial charge in [0, 0.05) is 23.9 Å². The zero-order chi connectivity index (χ0) is 17.4. The molecule has 0 radical (unpaired) electrons. The molecule has 0 bridgehead atoms. The van der Waals surface area contributed by atoms with Crippen molar-refractivity contribution in [2.24, 2.45) is 11.5 Å². The average molecular weight is 444 g/mol. The molecule has 2 aliphatic carbocycles. The second kappa shape index (κ2) is 9.54. The molecule has 144 valence electrons. The Morgan fingerprint density at radius 2 is 1.04 bits per heavy atom. The number of hydrogen-bond acceptors (Lipinski definition) is 2. The van der Waals surface area contributed by atoms with E-state index in [0.717, 1.165) is 24.0 Å². The average Bonchev–Trinajstić information content (AvgIpc) is 3.44. The van der Waals surface area contributed by atoms with E-state index in [1.54, 1.807) is 12.1 Å². The standard InChI is InChI=1S/2C9H9ClFN.2ClH/c2*10-7-2-1-5(3-8(7)11)6-4-9(6)12;;/h2*1-3,6,9H,4,12H2;2*1H/t2*6-,9+;;/m10../s1. The fourth-order valence-corrected chi connectivity index (χ4v) is 2.92. The zero-order valence-electron chi connectivity index (χ0n) is 13.7. The molecule has 4 atom stereocenters. The van der Waals surface area contributed by atoms with Gasteiger partial charge in [0.2, 0.25) is 0 Å². The number of rotatable bonds is 2. The van der Waals surface area contributed by atoms with Crippen molar-refractivity contribution in [2.75, 3.05) is 0 Å². The molecule has 2 fully saturated rings. The van der Waals surface area contributed by atoms with Gasteiger partial charge < -0.3 is 11.5 Å². The molecule has 26 heavy (non-hydrogen) atoms. The van der Waals surface area contributed by atoms with Crippen LogP contribution in [0.5, 0.6) is 0 Å². The molecule has 8 heteroatoms. The van der Waals surface area contributed by atoms with Crippen molar-refractivity contribution in [1.82, 2.24) is 0 Å². The molecule has 0 spiro atoms. The van der Waals surface area contributed by atoms with Crippen LogP contribution in [0.1, 0.15) is 35.8 Å². The molecule has 0 saturated heterocycles. The Hall–Kier alpha value is -0.620. The minimum atomic E-state index is -0.353. The van der Waals surface area contributed by atoms with E-state index in [1.807, 2.05) is 12.1 Å². The Balaban J connectivity index is 0.000000241. The van der Waals surface area contributed by atoms with Gasteiger partial charge in [-0.05, 0) is 48.2 Å². The Bertz CT molecular complexity index is 696. The third-order valence-electron chi connectivity index (χ3n) is 4.42. The lowest BCUT2D eigenvalue weighted by molar-refractivity contribution is 0.625. The van der Waals surface area contributed by atoms with Crippen LogP contribution in [-0.4, -0.2) is 12.1 Å². The van der Waals surface area contributed by atoms with Crippen LogP contribution in [0.15, 0.2) is 36.4 Å². The van der Waals surface area contributed by atoms with E-state index in [1.165, 1.54) is 12.1 Å². The highest BCUT2D eigenvalue weighted by Crippen LogP contribution is 2.40. The van der Waals surface area contributed by atoms with Crippen molar-refractivity contribution in [3.63, 3.8) is 0 Å². The summed E-state index contributed by atoms with van der Waals surface area (Å²) in [4.78, 5) is 0. The molecule has 0 unspecified atom stereocenters. The normalized spacial score (nSPS) is 25.2. The van der Waals surface area contributed by atoms with Crippen molar-refractivity contribution in [1.29, 1.82) is 0 Å².